The second-order valence-electron chi connectivity index (χ2n) is 5.80. The standard InChI is InChI=1S/C20H20O10/c1-26-17-7-14(8-18(27-2)20(17)28-3)30-10-16(24)19(25)15(23)9-29-13-5-11(21)4-12(22)6-13/h4-8,21-22H,9-10H2,1-3H3. The van der Waals surface area contributed by atoms with E-state index >= 15 is 0 Å². The van der Waals surface area contributed by atoms with E-state index in [1.807, 2.05) is 0 Å². The van der Waals surface area contributed by atoms with Gasteiger partial charge < -0.3 is 33.9 Å². The van der Waals surface area contributed by atoms with Crippen LogP contribution in [0.3, 0.4) is 0 Å². The maximum Gasteiger partial charge on any atom is 0.271 e. The van der Waals surface area contributed by atoms with Crippen molar-refractivity contribution in [3.05, 3.63) is 30.3 Å². The van der Waals surface area contributed by atoms with Gasteiger partial charge in [0.2, 0.25) is 17.3 Å². The Kier molecular flexibility index (Phi) is 7.45. The third-order valence-corrected chi connectivity index (χ3v) is 3.76. The van der Waals surface area contributed by atoms with Gasteiger partial charge in [-0.15, -0.1) is 0 Å². The van der Waals surface area contributed by atoms with Crippen molar-refractivity contribution in [3.63, 3.8) is 0 Å². The van der Waals surface area contributed by atoms with Crippen molar-refractivity contribution in [2.75, 3.05) is 34.5 Å². The number of carbonyl (C=O) groups excluding carboxylic acids is 3. The summed E-state index contributed by atoms with van der Waals surface area (Å²) in [6.45, 7) is -1.45. The lowest BCUT2D eigenvalue weighted by Crippen LogP contribution is -2.32. The highest BCUT2D eigenvalue weighted by Crippen LogP contribution is 2.40. The van der Waals surface area contributed by atoms with Gasteiger partial charge >= 0.3 is 0 Å². The van der Waals surface area contributed by atoms with Gasteiger partial charge in [-0.1, -0.05) is 0 Å². The Hall–Kier alpha value is -3.95. The van der Waals surface area contributed by atoms with Crippen molar-refractivity contribution in [2.45, 2.75) is 0 Å². The normalized spacial score (nSPS) is 10.1. The number of rotatable bonds is 11. The minimum absolute atomic E-state index is 0.0465. The molecule has 2 aromatic carbocycles. The lowest BCUT2D eigenvalue weighted by atomic mass is 10.2. The largest absolute Gasteiger partial charge is 0.508 e. The lowest BCUT2D eigenvalue weighted by molar-refractivity contribution is -0.145. The van der Waals surface area contributed by atoms with Gasteiger partial charge in [0.25, 0.3) is 5.78 Å². The summed E-state index contributed by atoms with van der Waals surface area (Å²) in [5.41, 5.74) is 0. The van der Waals surface area contributed by atoms with Gasteiger partial charge in [-0.3, -0.25) is 14.4 Å². The molecule has 0 spiro atoms. The molecule has 0 saturated carbocycles. The van der Waals surface area contributed by atoms with Gasteiger partial charge in [0.15, 0.2) is 24.7 Å². The zero-order chi connectivity index (χ0) is 22.3. The molecule has 160 valence electrons. The number of Topliss-reactive ketones (excluding diaryl/α,β-unsaturated/α-hetero) is 3. The molecule has 0 aliphatic carbocycles. The molecule has 2 N–H and O–H groups in total. The smallest absolute Gasteiger partial charge is 0.271 e. The Bertz CT molecular complexity index is 905. The van der Waals surface area contributed by atoms with Gasteiger partial charge in [0.1, 0.15) is 23.0 Å². The molecule has 30 heavy (non-hydrogen) atoms. The molecule has 10 heteroatoms. The molecule has 10 nitrogen and oxygen atoms in total. The van der Waals surface area contributed by atoms with E-state index in [1.54, 1.807) is 0 Å². The van der Waals surface area contributed by atoms with Gasteiger partial charge in [-0.05, 0) is 0 Å². The van der Waals surface area contributed by atoms with Crippen LogP contribution in [0.5, 0.6) is 40.2 Å². The number of phenolic OH excluding ortho intramolecular Hbond substituents is 2. The molecule has 0 bridgehead atoms. The number of benzene rings is 2. The highest BCUT2D eigenvalue weighted by molar-refractivity contribution is 6.64. The van der Waals surface area contributed by atoms with Crippen molar-refractivity contribution < 1.29 is 48.3 Å². The first-order valence-electron chi connectivity index (χ1n) is 8.48. The van der Waals surface area contributed by atoms with Crippen LogP contribution >= 0.6 is 0 Å². The lowest BCUT2D eigenvalue weighted by Gasteiger charge is -2.14. The second kappa shape index (κ2) is 10.0. The third kappa shape index (κ3) is 5.53. The number of ether oxygens (including phenoxy) is 5. The third-order valence-electron chi connectivity index (χ3n) is 3.76. The van der Waals surface area contributed by atoms with Gasteiger partial charge in [-0.25, -0.2) is 0 Å². The molecular weight excluding hydrogens is 400 g/mol. The number of methoxy groups -OCH3 is 3. The number of aromatic hydroxyl groups is 2. The Morgan fingerprint density at radius 2 is 1.13 bits per heavy atom. The van der Waals surface area contributed by atoms with Gasteiger partial charge in [0, 0.05) is 30.3 Å². The van der Waals surface area contributed by atoms with Crippen LogP contribution in [-0.4, -0.2) is 62.1 Å². The molecule has 0 fully saturated rings. The predicted octanol–water partition coefficient (Wildman–Crippen LogP) is 1.29. The van der Waals surface area contributed by atoms with Crippen LogP contribution in [0.25, 0.3) is 0 Å². The SMILES string of the molecule is COc1cc(OCC(=O)C(=O)C(=O)COc2cc(O)cc(O)c2)cc(OC)c1OC. The topological polar surface area (TPSA) is 138 Å². The van der Waals surface area contributed by atoms with Crippen LogP contribution in [0.15, 0.2) is 30.3 Å². The molecule has 0 aromatic heterocycles. The van der Waals surface area contributed by atoms with E-state index in [1.165, 1.54) is 33.5 Å². The zero-order valence-corrected chi connectivity index (χ0v) is 16.5. The average molecular weight is 420 g/mol. The summed E-state index contributed by atoms with van der Waals surface area (Å²) in [7, 11) is 4.23. The monoisotopic (exact) mass is 420 g/mol. The van der Waals surface area contributed by atoms with E-state index in [2.05, 4.69) is 0 Å². The van der Waals surface area contributed by atoms with E-state index in [-0.39, 0.29) is 34.5 Å². The van der Waals surface area contributed by atoms with E-state index in [4.69, 9.17) is 23.7 Å². The summed E-state index contributed by atoms with van der Waals surface area (Å²) in [4.78, 5) is 35.8. The first-order valence-corrected chi connectivity index (χ1v) is 8.48. The number of hydrogen-bond donors (Lipinski definition) is 2. The fourth-order valence-corrected chi connectivity index (χ4v) is 2.38. The van der Waals surface area contributed by atoms with Crippen molar-refractivity contribution >= 4 is 17.3 Å². The summed E-state index contributed by atoms with van der Waals surface area (Å²) in [6.07, 6.45) is 0. The molecular formula is C20H20O10. The fraction of sp³-hybridized carbons (Fsp3) is 0.250. The van der Waals surface area contributed by atoms with Gasteiger partial charge in [-0.2, -0.15) is 0 Å². The molecule has 0 heterocycles. The summed E-state index contributed by atoms with van der Waals surface area (Å²) in [5, 5.41) is 18.7. The van der Waals surface area contributed by atoms with Gasteiger partial charge in [0.05, 0.1) is 21.3 Å². The molecule has 2 rings (SSSR count). The molecule has 0 radical (unpaired) electrons. The van der Waals surface area contributed by atoms with Crippen LogP contribution in [0.2, 0.25) is 0 Å². The molecule has 0 atom stereocenters. The Morgan fingerprint density at radius 3 is 1.53 bits per heavy atom. The van der Waals surface area contributed by atoms with Crippen molar-refractivity contribution in [1.82, 2.24) is 0 Å². The minimum Gasteiger partial charge on any atom is -0.508 e. The summed E-state index contributed by atoms with van der Waals surface area (Å²) >= 11 is 0. The van der Waals surface area contributed by atoms with Crippen molar-refractivity contribution in [2.24, 2.45) is 0 Å². The summed E-state index contributed by atoms with van der Waals surface area (Å²) < 4.78 is 25.8. The molecule has 2 aromatic rings. The van der Waals surface area contributed by atoms with Crippen LogP contribution in [0.1, 0.15) is 0 Å². The number of hydrogen-bond acceptors (Lipinski definition) is 10. The van der Waals surface area contributed by atoms with Crippen LogP contribution in [0.4, 0.5) is 0 Å². The van der Waals surface area contributed by atoms with E-state index in [0.717, 1.165) is 18.2 Å². The minimum atomic E-state index is -1.31. The van der Waals surface area contributed by atoms with E-state index in [0.29, 0.717) is 5.75 Å². The van der Waals surface area contributed by atoms with Crippen LogP contribution < -0.4 is 23.7 Å². The Morgan fingerprint density at radius 1 is 0.700 bits per heavy atom. The molecule has 0 aliphatic rings. The maximum absolute atomic E-state index is 12.0. The number of carbonyl (C=O) groups is 3. The number of phenols is 2. The first kappa shape index (κ1) is 22.3. The summed E-state index contributed by atoms with van der Waals surface area (Å²) in [5.74, 6) is -3.11. The van der Waals surface area contributed by atoms with Crippen molar-refractivity contribution in [1.29, 1.82) is 0 Å². The Labute approximate surface area is 171 Å². The second-order valence-corrected chi connectivity index (χ2v) is 5.80. The quantitative estimate of drug-likeness (QED) is 0.404. The fourth-order valence-electron chi connectivity index (χ4n) is 2.38. The van der Waals surface area contributed by atoms with Crippen molar-refractivity contribution in [3.8, 4) is 40.2 Å². The molecule has 0 amide bonds. The maximum atomic E-state index is 12.0. The highest BCUT2D eigenvalue weighted by Gasteiger charge is 2.24. The first-order chi connectivity index (χ1) is 14.3. The average Bonchev–Trinajstić information content (AvgIpc) is 2.73. The highest BCUT2D eigenvalue weighted by atomic mass is 16.5. The van der Waals surface area contributed by atoms with Crippen LogP contribution in [-0.2, 0) is 14.4 Å². The van der Waals surface area contributed by atoms with E-state index in [9.17, 15) is 24.6 Å². The van der Waals surface area contributed by atoms with E-state index < -0.39 is 30.6 Å². The summed E-state index contributed by atoms with van der Waals surface area (Å²) in [6, 6.07) is 6.18. The molecule has 0 unspecified atom stereocenters. The van der Waals surface area contributed by atoms with Crippen LogP contribution in [0, 0.1) is 0 Å². The molecule has 0 aliphatic heterocycles. The predicted molar refractivity (Wildman–Crippen MR) is 102 cm³/mol. The Balaban J connectivity index is 1.97. The number of ketones is 3. The zero-order valence-electron chi connectivity index (χ0n) is 16.5. The molecule has 0 saturated heterocycles.